The predicted octanol–water partition coefficient (Wildman–Crippen LogP) is 3.18. The van der Waals surface area contributed by atoms with Crippen molar-refractivity contribution in [1.29, 1.82) is 0 Å². The highest BCUT2D eigenvalue weighted by molar-refractivity contribution is 7.89. The van der Waals surface area contributed by atoms with Gasteiger partial charge in [0.05, 0.1) is 10.6 Å². The number of nitrogens with one attached hydrogen (secondary N) is 2. The van der Waals surface area contributed by atoms with Gasteiger partial charge in [-0.15, -0.1) is 5.10 Å². The van der Waals surface area contributed by atoms with E-state index < -0.39 is 10.0 Å². The maximum absolute atomic E-state index is 12.0. The van der Waals surface area contributed by atoms with E-state index in [1.54, 1.807) is 16.6 Å². The zero-order chi connectivity index (χ0) is 18.4. The van der Waals surface area contributed by atoms with Crippen molar-refractivity contribution in [2.75, 3.05) is 5.32 Å². The molecule has 1 aliphatic heterocycles. The Hall–Kier alpha value is -3.23. The summed E-state index contributed by atoms with van der Waals surface area (Å²) in [5.41, 5.74) is 4.05. The van der Waals surface area contributed by atoms with Crippen molar-refractivity contribution in [2.24, 2.45) is 0 Å². The van der Waals surface area contributed by atoms with Gasteiger partial charge >= 0.3 is 0 Å². The SMILES string of the molecule is O=S1(=O)NCc2ccc(Nc3nc4cccc(-c5ccccc5)n4n3)cc21.[HH]. The van der Waals surface area contributed by atoms with Crippen LogP contribution in [0.5, 0.6) is 0 Å². The number of nitrogens with zero attached hydrogens (tertiary/aromatic N) is 3. The van der Waals surface area contributed by atoms with Crippen molar-refractivity contribution in [3.05, 3.63) is 72.3 Å². The largest absolute Gasteiger partial charge is 0.323 e. The van der Waals surface area contributed by atoms with Crippen LogP contribution >= 0.6 is 0 Å². The number of sulfonamides is 1. The van der Waals surface area contributed by atoms with E-state index in [0.29, 0.717) is 28.7 Å². The molecule has 0 atom stereocenters. The Morgan fingerprint density at radius 1 is 1.04 bits per heavy atom. The van der Waals surface area contributed by atoms with Gasteiger partial charge in [-0.1, -0.05) is 42.5 Å². The molecule has 0 spiro atoms. The lowest BCUT2D eigenvalue weighted by molar-refractivity contribution is 0.589. The normalized spacial score (nSPS) is 15.0. The zero-order valence-corrected chi connectivity index (χ0v) is 14.9. The molecule has 2 aromatic heterocycles. The van der Waals surface area contributed by atoms with Crippen LogP contribution in [0.4, 0.5) is 11.6 Å². The van der Waals surface area contributed by atoms with E-state index in [-0.39, 0.29) is 1.43 Å². The van der Waals surface area contributed by atoms with E-state index in [0.717, 1.165) is 16.8 Å². The molecule has 0 fully saturated rings. The fourth-order valence-electron chi connectivity index (χ4n) is 3.19. The summed E-state index contributed by atoms with van der Waals surface area (Å²) in [7, 11) is -3.42. The van der Waals surface area contributed by atoms with Crippen LogP contribution in [0.1, 0.15) is 6.99 Å². The Balaban J connectivity index is 0.00000192. The fourth-order valence-corrected chi connectivity index (χ4v) is 4.46. The summed E-state index contributed by atoms with van der Waals surface area (Å²) in [4.78, 5) is 4.79. The van der Waals surface area contributed by atoms with Crippen molar-refractivity contribution in [3.8, 4) is 11.3 Å². The Morgan fingerprint density at radius 3 is 2.74 bits per heavy atom. The van der Waals surface area contributed by atoms with Crippen LogP contribution in [0.25, 0.3) is 16.9 Å². The second-order valence-electron chi connectivity index (χ2n) is 6.25. The smallest absolute Gasteiger partial charge is 0.247 e. The van der Waals surface area contributed by atoms with E-state index in [1.807, 2.05) is 54.6 Å². The molecule has 0 radical (unpaired) electrons. The highest BCUT2D eigenvalue weighted by Gasteiger charge is 2.25. The van der Waals surface area contributed by atoms with Crippen molar-refractivity contribution in [2.45, 2.75) is 11.4 Å². The molecule has 0 bridgehead atoms. The zero-order valence-electron chi connectivity index (χ0n) is 14.1. The maximum atomic E-state index is 12.0. The van der Waals surface area contributed by atoms with E-state index in [9.17, 15) is 8.42 Å². The summed E-state index contributed by atoms with van der Waals surface area (Å²) in [5, 5.41) is 7.65. The van der Waals surface area contributed by atoms with Gasteiger partial charge in [0.2, 0.25) is 16.0 Å². The van der Waals surface area contributed by atoms with Crippen LogP contribution in [0.3, 0.4) is 0 Å². The molecule has 0 amide bonds. The minimum atomic E-state index is -3.42. The Morgan fingerprint density at radius 2 is 1.89 bits per heavy atom. The van der Waals surface area contributed by atoms with Gasteiger partial charge in [0, 0.05) is 19.2 Å². The molecule has 2 aromatic carbocycles. The minimum Gasteiger partial charge on any atom is -0.323 e. The van der Waals surface area contributed by atoms with Gasteiger partial charge in [-0.3, -0.25) is 0 Å². The quantitative estimate of drug-likeness (QED) is 0.571. The number of fused-ring (bicyclic) bond motifs is 2. The number of hydrogen-bond donors (Lipinski definition) is 2. The number of aromatic nitrogens is 3. The monoisotopic (exact) mass is 379 g/mol. The Bertz CT molecular complexity index is 1270. The van der Waals surface area contributed by atoms with E-state index in [1.165, 1.54) is 0 Å². The molecule has 136 valence electrons. The number of rotatable bonds is 3. The molecule has 0 aliphatic carbocycles. The number of benzene rings is 2. The number of hydrogen-bond acceptors (Lipinski definition) is 5. The Kier molecular flexibility index (Phi) is 3.49. The molecule has 5 rings (SSSR count). The standard InChI is InChI=1S/C19H15N5O2S.H2/c25-27(26)17-11-15(10-9-14(17)12-20-27)21-19-22-18-8-4-7-16(24(18)23-19)13-5-2-1-3-6-13;/h1-11,20H,12H2,(H,21,23);1H. The van der Waals surface area contributed by atoms with Gasteiger partial charge in [-0.05, 0) is 29.8 Å². The second kappa shape index (κ2) is 5.90. The molecule has 8 heteroatoms. The summed E-state index contributed by atoms with van der Waals surface area (Å²) in [6.45, 7) is 0.324. The molecular weight excluding hydrogens is 362 g/mol. The van der Waals surface area contributed by atoms with Crippen LogP contribution in [0, 0.1) is 0 Å². The lowest BCUT2D eigenvalue weighted by Gasteiger charge is -2.04. The average molecular weight is 379 g/mol. The van der Waals surface area contributed by atoms with Gasteiger partial charge in [0.15, 0.2) is 5.65 Å². The van der Waals surface area contributed by atoms with Crippen molar-refractivity contribution < 1.29 is 9.84 Å². The molecule has 3 heterocycles. The van der Waals surface area contributed by atoms with Crippen molar-refractivity contribution >= 4 is 27.3 Å². The topological polar surface area (TPSA) is 88.4 Å². The molecule has 0 saturated heterocycles. The summed E-state index contributed by atoms with van der Waals surface area (Å²) in [5.74, 6) is 0.404. The molecule has 0 saturated carbocycles. The highest BCUT2D eigenvalue weighted by atomic mass is 32.2. The molecular formula is C19H17N5O2S. The molecule has 7 nitrogen and oxygen atoms in total. The molecule has 4 aromatic rings. The Labute approximate surface area is 157 Å². The maximum Gasteiger partial charge on any atom is 0.247 e. The lowest BCUT2D eigenvalue weighted by atomic mass is 10.1. The molecule has 2 N–H and O–H groups in total. The third-order valence-corrected chi connectivity index (χ3v) is 5.98. The van der Waals surface area contributed by atoms with Gasteiger partial charge in [-0.2, -0.15) is 4.98 Å². The lowest BCUT2D eigenvalue weighted by Crippen LogP contribution is -2.13. The van der Waals surface area contributed by atoms with Gasteiger partial charge in [0.25, 0.3) is 0 Å². The van der Waals surface area contributed by atoms with Crippen LogP contribution < -0.4 is 10.0 Å². The summed E-state index contributed by atoms with van der Waals surface area (Å²) in [6, 6.07) is 21.0. The number of anilines is 2. The van der Waals surface area contributed by atoms with Crippen LogP contribution in [-0.4, -0.2) is 23.0 Å². The van der Waals surface area contributed by atoms with Crippen LogP contribution in [-0.2, 0) is 16.6 Å². The predicted molar refractivity (Wildman–Crippen MR) is 104 cm³/mol. The minimum absolute atomic E-state index is 0. The third kappa shape index (κ3) is 2.75. The average Bonchev–Trinajstić information content (AvgIpc) is 3.22. The van der Waals surface area contributed by atoms with E-state index >= 15 is 0 Å². The van der Waals surface area contributed by atoms with Gasteiger partial charge < -0.3 is 5.32 Å². The van der Waals surface area contributed by atoms with E-state index in [2.05, 4.69) is 20.1 Å². The highest BCUT2D eigenvalue weighted by Crippen LogP contribution is 2.27. The molecule has 1 aliphatic rings. The summed E-state index contributed by atoms with van der Waals surface area (Å²) >= 11 is 0. The number of pyridine rings is 1. The summed E-state index contributed by atoms with van der Waals surface area (Å²) < 4.78 is 28.3. The first-order valence-electron chi connectivity index (χ1n) is 8.41. The third-order valence-electron chi connectivity index (χ3n) is 4.49. The van der Waals surface area contributed by atoms with Crippen LogP contribution in [0.15, 0.2) is 71.6 Å². The second-order valence-corrected chi connectivity index (χ2v) is 7.99. The fraction of sp³-hybridized carbons (Fsp3) is 0.0526. The first-order valence-corrected chi connectivity index (χ1v) is 9.89. The van der Waals surface area contributed by atoms with Gasteiger partial charge in [0.1, 0.15) is 0 Å². The first-order chi connectivity index (χ1) is 13.1. The van der Waals surface area contributed by atoms with Crippen molar-refractivity contribution in [3.63, 3.8) is 0 Å². The molecule has 27 heavy (non-hydrogen) atoms. The van der Waals surface area contributed by atoms with Gasteiger partial charge in [-0.25, -0.2) is 17.7 Å². The van der Waals surface area contributed by atoms with Crippen molar-refractivity contribution in [1.82, 2.24) is 19.3 Å². The molecule has 0 unspecified atom stereocenters. The first kappa shape index (κ1) is 16.0. The summed E-state index contributed by atoms with van der Waals surface area (Å²) in [6.07, 6.45) is 0. The van der Waals surface area contributed by atoms with Crippen LogP contribution in [0.2, 0.25) is 0 Å². The van der Waals surface area contributed by atoms with E-state index in [4.69, 9.17) is 0 Å².